The fourth-order valence-corrected chi connectivity index (χ4v) is 2.23. The lowest BCUT2D eigenvalue weighted by Gasteiger charge is -2.19. The van der Waals surface area contributed by atoms with Gasteiger partial charge < -0.3 is 14.8 Å². The van der Waals surface area contributed by atoms with E-state index in [1.807, 2.05) is 0 Å². The van der Waals surface area contributed by atoms with Crippen LogP contribution in [0.15, 0.2) is 18.2 Å². The number of benzene rings is 1. The standard InChI is InChI=1S/C16H26N2O2/c1-18(8-9-19-2)12-14-10-13(4-7-16(14)20-3)11-17-15-5-6-15/h4,7,10,15,17H,5-6,8-9,11-12H2,1-3H3. The van der Waals surface area contributed by atoms with Crippen LogP contribution in [0.5, 0.6) is 5.75 Å². The lowest BCUT2D eigenvalue weighted by molar-refractivity contribution is 0.158. The minimum Gasteiger partial charge on any atom is -0.496 e. The highest BCUT2D eigenvalue weighted by atomic mass is 16.5. The number of methoxy groups -OCH3 is 2. The first-order chi connectivity index (χ1) is 9.72. The summed E-state index contributed by atoms with van der Waals surface area (Å²) in [7, 11) is 5.57. The first-order valence-electron chi connectivity index (χ1n) is 7.29. The maximum absolute atomic E-state index is 5.47. The van der Waals surface area contributed by atoms with Crippen LogP contribution in [-0.4, -0.2) is 45.4 Å². The van der Waals surface area contributed by atoms with E-state index < -0.39 is 0 Å². The van der Waals surface area contributed by atoms with Gasteiger partial charge in [-0.25, -0.2) is 0 Å². The maximum atomic E-state index is 5.47. The molecule has 0 atom stereocenters. The molecule has 0 spiro atoms. The van der Waals surface area contributed by atoms with E-state index in [9.17, 15) is 0 Å². The monoisotopic (exact) mass is 278 g/mol. The predicted octanol–water partition coefficient (Wildman–Crippen LogP) is 2.03. The Morgan fingerprint density at radius 1 is 1.30 bits per heavy atom. The van der Waals surface area contributed by atoms with Crippen LogP contribution in [-0.2, 0) is 17.8 Å². The number of hydrogen-bond acceptors (Lipinski definition) is 4. The third-order valence-corrected chi connectivity index (χ3v) is 3.63. The van der Waals surface area contributed by atoms with E-state index in [2.05, 4.69) is 35.5 Å². The SMILES string of the molecule is COCCN(C)Cc1cc(CNC2CC2)ccc1OC. The van der Waals surface area contributed by atoms with Gasteiger partial charge in [0.25, 0.3) is 0 Å². The molecule has 4 heteroatoms. The van der Waals surface area contributed by atoms with Gasteiger partial charge in [0.1, 0.15) is 5.75 Å². The molecule has 1 aliphatic carbocycles. The molecule has 0 saturated heterocycles. The second-order valence-electron chi connectivity index (χ2n) is 5.53. The van der Waals surface area contributed by atoms with Gasteiger partial charge in [-0.3, -0.25) is 4.90 Å². The molecule has 1 saturated carbocycles. The Kier molecular flexibility index (Phi) is 5.83. The average molecular weight is 278 g/mol. The summed E-state index contributed by atoms with van der Waals surface area (Å²) >= 11 is 0. The average Bonchev–Trinajstić information content (AvgIpc) is 3.27. The normalized spacial score (nSPS) is 14.8. The smallest absolute Gasteiger partial charge is 0.123 e. The van der Waals surface area contributed by atoms with Crippen molar-refractivity contribution in [1.82, 2.24) is 10.2 Å². The topological polar surface area (TPSA) is 33.7 Å². The number of nitrogens with one attached hydrogen (secondary N) is 1. The number of ether oxygens (including phenoxy) is 2. The van der Waals surface area contributed by atoms with Gasteiger partial charge in [0, 0.05) is 38.3 Å². The zero-order valence-corrected chi connectivity index (χ0v) is 12.8. The van der Waals surface area contributed by atoms with Crippen LogP contribution in [0.25, 0.3) is 0 Å². The Balaban J connectivity index is 1.97. The zero-order valence-electron chi connectivity index (χ0n) is 12.8. The maximum Gasteiger partial charge on any atom is 0.123 e. The van der Waals surface area contributed by atoms with Gasteiger partial charge in [0.2, 0.25) is 0 Å². The van der Waals surface area contributed by atoms with E-state index in [1.165, 1.54) is 24.0 Å². The van der Waals surface area contributed by atoms with Gasteiger partial charge >= 0.3 is 0 Å². The van der Waals surface area contributed by atoms with Crippen LogP contribution in [0.2, 0.25) is 0 Å². The quantitative estimate of drug-likeness (QED) is 0.749. The third kappa shape index (κ3) is 4.78. The highest BCUT2D eigenvalue weighted by molar-refractivity contribution is 5.37. The number of nitrogens with zero attached hydrogens (tertiary/aromatic N) is 1. The Morgan fingerprint density at radius 2 is 2.10 bits per heavy atom. The van der Waals surface area contributed by atoms with Gasteiger partial charge in [0.15, 0.2) is 0 Å². The molecular formula is C16H26N2O2. The van der Waals surface area contributed by atoms with Crippen LogP contribution in [0.4, 0.5) is 0 Å². The highest BCUT2D eigenvalue weighted by Gasteiger charge is 2.20. The molecule has 2 rings (SSSR count). The third-order valence-electron chi connectivity index (χ3n) is 3.63. The molecule has 0 heterocycles. The fourth-order valence-electron chi connectivity index (χ4n) is 2.23. The first-order valence-corrected chi connectivity index (χ1v) is 7.29. The fraction of sp³-hybridized carbons (Fsp3) is 0.625. The van der Waals surface area contributed by atoms with Crippen molar-refractivity contribution in [2.75, 3.05) is 34.4 Å². The molecule has 112 valence electrons. The largest absolute Gasteiger partial charge is 0.496 e. The molecule has 1 aromatic rings. The van der Waals surface area contributed by atoms with Gasteiger partial charge in [-0.15, -0.1) is 0 Å². The molecule has 0 bridgehead atoms. The van der Waals surface area contributed by atoms with Gasteiger partial charge in [-0.1, -0.05) is 6.07 Å². The van der Waals surface area contributed by atoms with Crippen LogP contribution < -0.4 is 10.1 Å². The molecule has 0 amide bonds. The molecule has 0 aliphatic heterocycles. The van der Waals surface area contributed by atoms with Crippen LogP contribution in [0.1, 0.15) is 24.0 Å². The Labute approximate surface area is 122 Å². The van der Waals surface area contributed by atoms with E-state index in [4.69, 9.17) is 9.47 Å². The molecule has 20 heavy (non-hydrogen) atoms. The van der Waals surface area contributed by atoms with Crippen LogP contribution in [0, 0.1) is 0 Å². The highest BCUT2D eigenvalue weighted by Crippen LogP contribution is 2.23. The summed E-state index contributed by atoms with van der Waals surface area (Å²) in [6.07, 6.45) is 2.64. The molecule has 4 nitrogen and oxygen atoms in total. The number of rotatable bonds is 9. The predicted molar refractivity (Wildman–Crippen MR) is 81.1 cm³/mol. The lowest BCUT2D eigenvalue weighted by atomic mass is 10.1. The summed E-state index contributed by atoms with van der Waals surface area (Å²) in [5, 5.41) is 3.55. The van der Waals surface area contributed by atoms with Crippen molar-refractivity contribution in [3.8, 4) is 5.75 Å². The molecule has 1 N–H and O–H groups in total. The van der Waals surface area contributed by atoms with Crippen molar-refractivity contribution >= 4 is 0 Å². The van der Waals surface area contributed by atoms with Crippen LogP contribution >= 0.6 is 0 Å². The van der Waals surface area contributed by atoms with Crippen molar-refractivity contribution in [3.05, 3.63) is 29.3 Å². The van der Waals surface area contributed by atoms with E-state index in [-0.39, 0.29) is 0 Å². The van der Waals surface area contributed by atoms with Crippen molar-refractivity contribution in [3.63, 3.8) is 0 Å². The van der Waals surface area contributed by atoms with E-state index >= 15 is 0 Å². The minimum absolute atomic E-state index is 0.741. The van der Waals surface area contributed by atoms with Gasteiger partial charge in [-0.05, 0) is 37.6 Å². The summed E-state index contributed by atoms with van der Waals surface area (Å²) in [6, 6.07) is 7.21. The second kappa shape index (κ2) is 7.62. The molecule has 0 aromatic heterocycles. The summed E-state index contributed by atoms with van der Waals surface area (Å²) in [4.78, 5) is 2.25. The van der Waals surface area contributed by atoms with E-state index in [0.717, 1.165) is 38.0 Å². The molecular weight excluding hydrogens is 252 g/mol. The first kappa shape index (κ1) is 15.3. The Hall–Kier alpha value is -1.10. The number of hydrogen-bond donors (Lipinski definition) is 1. The molecule has 0 radical (unpaired) electrons. The van der Waals surface area contributed by atoms with E-state index in [1.54, 1.807) is 14.2 Å². The number of likely N-dealkylation sites (N-methyl/N-ethyl adjacent to an activating group) is 1. The van der Waals surface area contributed by atoms with Crippen molar-refractivity contribution in [1.29, 1.82) is 0 Å². The van der Waals surface area contributed by atoms with Crippen molar-refractivity contribution < 1.29 is 9.47 Å². The lowest BCUT2D eigenvalue weighted by Crippen LogP contribution is -2.23. The van der Waals surface area contributed by atoms with Gasteiger partial charge in [0.05, 0.1) is 13.7 Å². The molecule has 1 fully saturated rings. The summed E-state index contributed by atoms with van der Waals surface area (Å²) in [5.41, 5.74) is 2.56. The second-order valence-corrected chi connectivity index (χ2v) is 5.53. The van der Waals surface area contributed by atoms with Crippen molar-refractivity contribution in [2.45, 2.75) is 32.0 Å². The molecule has 1 aromatic carbocycles. The summed E-state index contributed by atoms with van der Waals surface area (Å²) in [6.45, 7) is 3.50. The van der Waals surface area contributed by atoms with Gasteiger partial charge in [-0.2, -0.15) is 0 Å². The van der Waals surface area contributed by atoms with Crippen molar-refractivity contribution in [2.24, 2.45) is 0 Å². The summed E-state index contributed by atoms with van der Waals surface area (Å²) < 4.78 is 10.6. The molecule has 0 unspecified atom stereocenters. The van der Waals surface area contributed by atoms with E-state index in [0.29, 0.717) is 0 Å². The summed E-state index contributed by atoms with van der Waals surface area (Å²) in [5.74, 6) is 0.962. The molecule has 1 aliphatic rings. The minimum atomic E-state index is 0.741. The Bertz CT molecular complexity index is 419. The van der Waals surface area contributed by atoms with Crippen LogP contribution in [0.3, 0.4) is 0 Å². The zero-order chi connectivity index (χ0) is 14.4. The Morgan fingerprint density at radius 3 is 2.75 bits per heavy atom.